The summed E-state index contributed by atoms with van der Waals surface area (Å²) in [6.45, 7) is 3.17. The number of nitrogens with one attached hydrogen (secondary N) is 3. The van der Waals surface area contributed by atoms with Gasteiger partial charge in [-0.05, 0) is 56.1 Å². The molecule has 2 aromatic heterocycles. The first-order chi connectivity index (χ1) is 15.5. The molecule has 6 nitrogen and oxygen atoms in total. The molecule has 0 amide bonds. The number of hydrogen-bond donors (Lipinski definition) is 3. The van der Waals surface area contributed by atoms with Crippen molar-refractivity contribution in [2.45, 2.75) is 18.9 Å². The van der Waals surface area contributed by atoms with Crippen LogP contribution in [-0.4, -0.2) is 45.5 Å². The van der Waals surface area contributed by atoms with E-state index in [1.807, 2.05) is 6.07 Å². The molecular weight excluding hydrogens is 452 g/mol. The summed E-state index contributed by atoms with van der Waals surface area (Å²) in [6.07, 6.45) is 2.27. The number of benzene rings is 2. The Labute approximate surface area is 192 Å². The van der Waals surface area contributed by atoms with Gasteiger partial charge < -0.3 is 20.2 Å². The molecule has 4 aromatic rings. The van der Waals surface area contributed by atoms with Crippen LogP contribution in [0.1, 0.15) is 12.8 Å². The molecule has 3 aliphatic rings. The van der Waals surface area contributed by atoms with E-state index in [9.17, 15) is 9.18 Å². The molecule has 2 aromatic carbocycles. The molecule has 0 spiro atoms. The Balaban J connectivity index is 1.56. The van der Waals surface area contributed by atoms with Crippen LogP contribution in [0.15, 0.2) is 35.1 Å². The number of imidazole rings is 1. The van der Waals surface area contributed by atoms with E-state index in [-0.39, 0.29) is 16.6 Å². The molecule has 164 valence electrons. The minimum absolute atomic E-state index is 0.0135. The van der Waals surface area contributed by atoms with Crippen LogP contribution in [0.25, 0.3) is 33.3 Å². The maximum Gasteiger partial charge on any atom is 0.261 e. The number of aromatic nitrogens is 3. The lowest BCUT2D eigenvalue weighted by molar-refractivity contribution is 0.0976. The Hall–Kier alpha value is -2.61. The highest BCUT2D eigenvalue weighted by Gasteiger charge is 2.35. The van der Waals surface area contributed by atoms with Gasteiger partial charge in [0.15, 0.2) is 0 Å². The van der Waals surface area contributed by atoms with Crippen molar-refractivity contribution >= 4 is 50.8 Å². The van der Waals surface area contributed by atoms with Gasteiger partial charge in [0, 0.05) is 29.1 Å². The average molecular weight is 472 g/mol. The maximum absolute atomic E-state index is 14.0. The second kappa shape index (κ2) is 7.47. The van der Waals surface area contributed by atoms with E-state index in [0.29, 0.717) is 44.6 Å². The Morgan fingerprint density at radius 2 is 1.91 bits per heavy atom. The summed E-state index contributed by atoms with van der Waals surface area (Å²) in [7, 11) is 0. The van der Waals surface area contributed by atoms with Gasteiger partial charge in [-0.25, -0.2) is 9.37 Å². The van der Waals surface area contributed by atoms with Crippen molar-refractivity contribution in [2.24, 2.45) is 5.92 Å². The Morgan fingerprint density at radius 1 is 1.09 bits per heavy atom. The number of aromatic amines is 2. The summed E-state index contributed by atoms with van der Waals surface area (Å²) >= 11 is 12.3. The summed E-state index contributed by atoms with van der Waals surface area (Å²) < 4.78 is 14.0. The molecule has 1 atom stereocenters. The van der Waals surface area contributed by atoms with Crippen molar-refractivity contribution in [1.82, 2.24) is 19.9 Å². The number of H-pyrrole nitrogens is 2. The van der Waals surface area contributed by atoms with Crippen molar-refractivity contribution in [3.63, 3.8) is 0 Å². The molecule has 3 fully saturated rings. The van der Waals surface area contributed by atoms with Crippen LogP contribution in [-0.2, 0) is 0 Å². The van der Waals surface area contributed by atoms with E-state index in [1.54, 1.807) is 12.1 Å². The van der Waals surface area contributed by atoms with Crippen molar-refractivity contribution in [1.29, 1.82) is 0 Å². The second-order valence-electron chi connectivity index (χ2n) is 8.65. The maximum atomic E-state index is 14.0. The monoisotopic (exact) mass is 471 g/mol. The van der Waals surface area contributed by atoms with Crippen LogP contribution in [0.4, 0.5) is 10.1 Å². The van der Waals surface area contributed by atoms with Crippen molar-refractivity contribution in [2.75, 3.05) is 25.0 Å². The molecule has 5 heterocycles. The van der Waals surface area contributed by atoms with Gasteiger partial charge in [0.25, 0.3) is 5.56 Å². The van der Waals surface area contributed by atoms with E-state index in [2.05, 4.69) is 25.2 Å². The number of fused-ring (bicyclic) bond motifs is 5. The van der Waals surface area contributed by atoms with Crippen molar-refractivity contribution < 1.29 is 4.39 Å². The van der Waals surface area contributed by atoms with Crippen LogP contribution in [0, 0.1) is 11.7 Å². The zero-order valence-corrected chi connectivity index (χ0v) is 18.5. The Bertz CT molecular complexity index is 1380. The van der Waals surface area contributed by atoms with E-state index in [4.69, 9.17) is 23.2 Å². The second-order valence-corrected chi connectivity index (χ2v) is 9.50. The highest BCUT2D eigenvalue weighted by Crippen LogP contribution is 2.36. The van der Waals surface area contributed by atoms with Gasteiger partial charge in [-0.15, -0.1) is 0 Å². The molecule has 2 bridgehead atoms. The predicted molar refractivity (Wildman–Crippen MR) is 126 cm³/mol. The highest BCUT2D eigenvalue weighted by atomic mass is 35.5. The van der Waals surface area contributed by atoms with Gasteiger partial charge in [0.05, 0.1) is 27.3 Å². The van der Waals surface area contributed by atoms with Gasteiger partial charge in [0.1, 0.15) is 17.2 Å². The number of nitrogens with zero attached hydrogens (tertiary/aromatic N) is 2. The average Bonchev–Trinajstić information content (AvgIpc) is 3.17. The molecule has 3 saturated heterocycles. The molecule has 7 rings (SSSR count). The van der Waals surface area contributed by atoms with Gasteiger partial charge in [-0.2, -0.15) is 0 Å². The first kappa shape index (κ1) is 20.0. The van der Waals surface area contributed by atoms with E-state index < -0.39 is 5.82 Å². The van der Waals surface area contributed by atoms with Crippen LogP contribution >= 0.6 is 23.2 Å². The van der Waals surface area contributed by atoms with E-state index >= 15 is 0 Å². The highest BCUT2D eigenvalue weighted by molar-refractivity contribution is 6.31. The first-order valence-electron chi connectivity index (χ1n) is 10.7. The number of halogens is 3. The quantitative estimate of drug-likeness (QED) is 0.391. The van der Waals surface area contributed by atoms with Crippen molar-refractivity contribution in [3.05, 3.63) is 56.5 Å². The molecule has 0 aliphatic carbocycles. The fraction of sp³-hybridized carbons (Fsp3) is 0.304. The largest absolute Gasteiger partial charge is 0.379 e. The predicted octanol–water partition coefficient (Wildman–Crippen LogP) is 5.02. The minimum atomic E-state index is -0.542. The topological polar surface area (TPSA) is 76.8 Å². The number of hydrogen-bond acceptors (Lipinski definition) is 4. The number of anilines is 1. The van der Waals surface area contributed by atoms with E-state index in [1.165, 1.54) is 12.1 Å². The number of pyridine rings is 1. The lowest BCUT2D eigenvalue weighted by atomic mass is 9.83. The Kier molecular flexibility index (Phi) is 4.68. The minimum Gasteiger partial charge on any atom is -0.379 e. The fourth-order valence-corrected chi connectivity index (χ4v) is 5.41. The van der Waals surface area contributed by atoms with Crippen LogP contribution < -0.4 is 10.9 Å². The summed E-state index contributed by atoms with van der Waals surface area (Å²) in [5, 5.41) is 5.05. The summed E-state index contributed by atoms with van der Waals surface area (Å²) in [5.41, 5.74) is 2.44. The lowest BCUT2D eigenvalue weighted by Crippen LogP contribution is -2.53. The summed E-state index contributed by atoms with van der Waals surface area (Å²) in [5.74, 6) is 0.359. The zero-order valence-electron chi connectivity index (χ0n) is 17.0. The molecular formula is C23H20Cl2FN5O. The SMILES string of the molecule is O=c1[nH]c2ccc(Cl)cc2c(N[C@@H]2CN3CCC2CC3)c1-c1nc2cc(Cl)c(F)cc2[nH]1. The van der Waals surface area contributed by atoms with Gasteiger partial charge in [0.2, 0.25) is 0 Å². The third kappa shape index (κ3) is 3.27. The molecule has 32 heavy (non-hydrogen) atoms. The van der Waals surface area contributed by atoms with Gasteiger partial charge in [-0.3, -0.25) is 4.79 Å². The first-order valence-corrected chi connectivity index (χ1v) is 11.4. The zero-order chi connectivity index (χ0) is 22.0. The molecule has 3 N–H and O–H groups in total. The normalized spacial score (nSPS) is 22.7. The third-order valence-electron chi connectivity index (χ3n) is 6.72. The fourth-order valence-electron chi connectivity index (χ4n) is 5.08. The number of piperidine rings is 3. The smallest absolute Gasteiger partial charge is 0.261 e. The van der Waals surface area contributed by atoms with Gasteiger partial charge >= 0.3 is 0 Å². The van der Waals surface area contributed by atoms with Crippen molar-refractivity contribution in [3.8, 4) is 11.4 Å². The standard InChI is InChI=1S/C23H20Cl2FN5O/c24-12-1-2-16-13(7-12)21(27-19-10-31-5-3-11(19)4-6-31)20(23(32)30-16)22-28-17-8-14(25)15(26)9-18(17)29-22/h1-2,7-9,11,19H,3-6,10H2,(H,28,29)(H2,27,30,32)/t19-/m1/s1. The molecule has 3 aliphatic heterocycles. The van der Waals surface area contributed by atoms with Crippen LogP contribution in [0.3, 0.4) is 0 Å². The molecule has 0 radical (unpaired) electrons. The molecule has 0 unspecified atom stereocenters. The summed E-state index contributed by atoms with van der Waals surface area (Å²) in [6, 6.07) is 8.37. The van der Waals surface area contributed by atoms with Gasteiger partial charge in [-0.1, -0.05) is 23.2 Å². The van der Waals surface area contributed by atoms with E-state index in [0.717, 1.165) is 37.9 Å². The molecule has 9 heteroatoms. The third-order valence-corrected chi connectivity index (χ3v) is 7.25. The summed E-state index contributed by atoms with van der Waals surface area (Å²) in [4.78, 5) is 26.3. The van der Waals surface area contributed by atoms with Crippen LogP contribution in [0.5, 0.6) is 0 Å². The van der Waals surface area contributed by atoms with Crippen LogP contribution in [0.2, 0.25) is 10.0 Å². The lowest BCUT2D eigenvalue weighted by Gasteiger charge is -2.45. The number of rotatable bonds is 3. The Morgan fingerprint density at radius 3 is 2.66 bits per heavy atom. The molecule has 0 saturated carbocycles.